The standard InChI is InChI=1S/C12H12BrN3O2S/c1-17-7-3-4-9(8(13)5-7)18-11-6-10(14)15-12(16-11)19-2/h3-6H,1-2H3,(H2,14,15,16). The number of hydrogen-bond acceptors (Lipinski definition) is 6. The van der Waals surface area contributed by atoms with Gasteiger partial charge in [0.1, 0.15) is 17.3 Å². The van der Waals surface area contributed by atoms with Gasteiger partial charge in [0.2, 0.25) is 5.88 Å². The minimum Gasteiger partial charge on any atom is -0.497 e. The first-order chi connectivity index (χ1) is 9.12. The molecule has 0 unspecified atom stereocenters. The van der Waals surface area contributed by atoms with Crippen LogP contribution in [0.4, 0.5) is 5.82 Å². The van der Waals surface area contributed by atoms with E-state index in [1.807, 2.05) is 12.3 Å². The predicted octanol–water partition coefficient (Wildman–Crippen LogP) is 3.34. The first-order valence-corrected chi connectivity index (χ1v) is 7.34. The average Bonchev–Trinajstić information content (AvgIpc) is 2.40. The highest BCUT2D eigenvalue weighted by Crippen LogP contribution is 2.32. The fraction of sp³-hybridized carbons (Fsp3) is 0.167. The van der Waals surface area contributed by atoms with Crippen LogP contribution in [0.2, 0.25) is 0 Å². The van der Waals surface area contributed by atoms with E-state index in [9.17, 15) is 0 Å². The van der Waals surface area contributed by atoms with Crippen LogP contribution < -0.4 is 15.2 Å². The van der Waals surface area contributed by atoms with E-state index in [-0.39, 0.29) is 0 Å². The molecule has 0 saturated heterocycles. The number of nitrogen functional groups attached to an aromatic ring is 1. The van der Waals surface area contributed by atoms with Crippen LogP contribution in [0.5, 0.6) is 17.4 Å². The van der Waals surface area contributed by atoms with E-state index in [0.29, 0.717) is 22.6 Å². The zero-order chi connectivity index (χ0) is 13.8. The van der Waals surface area contributed by atoms with Gasteiger partial charge in [0.05, 0.1) is 11.6 Å². The molecule has 1 aromatic carbocycles. The molecule has 0 aliphatic carbocycles. The van der Waals surface area contributed by atoms with Crippen molar-refractivity contribution in [2.75, 3.05) is 19.1 Å². The quantitative estimate of drug-likeness (QED) is 0.679. The zero-order valence-corrected chi connectivity index (χ0v) is 12.8. The molecule has 2 aromatic rings. The molecule has 0 radical (unpaired) electrons. The van der Waals surface area contributed by atoms with Crippen LogP contribution in [0.25, 0.3) is 0 Å². The van der Waals surface area contributed by atoms with Crippen molar-refractivity contribution >= 4 is 33.5 Å². The van der Waals surface area contributed by atoms with Gasteiger partial charge in [0, 0.05) is 6.07 Å². The third-order valence-corrected chi connectivity index (χ3v) is 3.41. The lowest BCUT2D eigenvalue weighted by atomic mass is 10.3. The summed E-state index contributed by atoms with van der Waals surface area (Å²) < 4.78 is 11.6. The molecule has 0 aliphatic rings. The van der Waals surface area contributed by atoms with Crippen molar-refractivity contribution in [1.82, 2.24) is 9.97 Å². The maximum Gasteiger partial charge on any atom is 0.225 e. The molecule has 19 heavy (non-hydrogen) atoms. The molecule has 1 aromatic heterocycles. The van der Waals surface area contributed by atoms with Crippen molar-refractivity contribution in [2.24, 2.45) is 0 Å². The Bertz CT molecular complexity index is 595. The highest BCUT2D eigenvalue weighted by Gasteiger charge is 2.08. The number of ether oxygens (including phenoxy) is 2. The van der Waals surface area contributed by atoms with Crippen molar-refractivity contribution in [3.05, 3.63) is 28.7 Å². The maximum absolute atomic E-state index is 5.70. The molecule has 2 N–H and O–H groups in total. The third kappa shape index (κ3) is 3.51. The normalized spacial score (nSPS) is 10.3. The number of nitrogens with zero attached hydrogens (tertiary/aromatic N) is 2. The SMILES string of the molecule is COc1ccc(Oc2cc(N)nc(SC)n2)c(Br)c1. The molecule has 100 valence electrons. The summed E-state index contributed by atoms with van der Waals surface area (Å²) in [6.07, 6.45) is 1.88. The average molecular weight is 342 g/mol. The molecule has 0 bridgehead atoms. The molecule has 0 aliphatic heterocycles. The molecule has 7 heteroatoms. The highest BCUT2D eigenvalue weighted by molar-refractivity contribution is 9.10. The Hall–Kier alpha value is -1.47. The first-order valence-electron chi connectivity index (χ1n) is 5.32. The van der Waals surface area contributed by atoms with Crippen LogP contribution in [0, 0.1) is 0 Å². The van der Waals surface area contributed by atoms with Crippen molar-refractivity contribution in [3.8, 4) is 17.4 Å². The van der Waals surface area contributed by atoms with E-state index in [0.717, 1.165) is 10.2 Å². The van der Waals surface area contributed by atoms with Crippen LogP contribution >= 0.6 is 27.7 Å². The smallest absolute Gasteiger partial charge is 0.225 e. The molecule has 0 fully saturated rings. The van der Waals surface area contributed by atoms with Gasteiger partial charge < -0.3 is 15.2 Å². The fourth-order valence-corrected chi connectivity index (χ4v) is 2.18. The zero-order valence-electron chi connectivity index (χ0n) is 10.4. The summed E-state index contributed by atoms with van der Waals surface area (Å²) in [5.74, 6) is 2.15. The van der Waals surface area contributed by atoms with E-state index >= 15 is 0 Å². The number of thioether (sulfide) groups is 1. The van der Waals surface area contributed by atoms with Crippen LogP contribution in [-0.2, 0) is 0 Å². The van der Waals surface area contributed by atoms with Crippen LogP contribution in [0.1, 0.15) is 0 Å². The van der Waals surface area contributed by atoms with Gasteiger partial charge in [-0.05, 0) is 40.4 Å². The van der Waals surface area contributed by atoms with Crippen molar-refractivity contribution in [3.63, 3.8) is 0 Å². The summed E-state index contributed by atoms with van der Waals surface area (Å²) >= 11 is 4.82. The molecule has 0 amide bonds. The number of halogens is 1. The summed E-state index contributed by atoms with van der Waals surface area (Å²) in [7, 11) is 1.61. The van der Waals surface area contributed by atoms with Gasteiger partial charge >= 0.3 is 0 Å². The minimum absolute atomic E-state index is 0.374. The number of nitrogens with two attached hydrogens (primary N) is 1. The Balaban J connectivity index is 2.28. The second-order valence-corrected chi connectivity index (χ2v) is 5.14. The largest absolute Gasteiger partial charge is 0.497 e. The summed E-state index contributed by atoms with van der Waals surface area (Å²) in [5.41, 5.74) is 5.70. The van der Waals surface area contributed by atoms with Crippen LogP contribution in [-0.4, -0.2) is 23.3 Å². The number of methoxy groups -OCH3 is 1. The number of aromatic nitrogens is 2. The lowest BCUT2D eigenvalue weighted by Crippen LogP contribution is -1.97. The molecular weight excluding hydrogens is 330 g/mol. The van der Waals surface area contributed by atoms with Gasteiger partial charge in [-0.1, -0.05) is 11.8 Å². The van der Waals surface area contributed by atoms with E-state index in [1.165, 1.54) is 11.8 Å². The van der Waals surface area contributed by atoms with Gasteiger partial charge in [0.15, 0.2) is 5.16 Å². The second kappa shape index (κ2) is 6.12. The van der Waals surface area contributed by atoms with Gasteiger partial charge in [-0.2, -0.15) is 4.98 Å². The molecule has 1 heterocycles. The summed E-state index contributed by atoms with van der Waals surface area (Å²) in [4.78, 5) is 8.29. The fourth-order valence-electron chi connectivity index (χ4n) is 1.37. The predicted molar refractivity (Wildman–Crippen MR) is 79.0 cm³/mol. The molecular formula is C12H12BrN3O2S. The van der Waals surface area contributed by atoms with E-state index < -0.39 is 0 Å². The first kappa shape index (κ1) is 14.0. The molecule has 0 atom stereocenters. The van der Waals surface area contributed by atoms with Crippen molar-refractivity contribution in [1.29, 1.82) is 0 Å². The topological polar surface area (TPSA) is 70.3 Å². The maximum atomic E-state index is 5.70. The van der Waals surface area contributed by atoms with Crippen LogP contribution in [0.15, 0.2) is 33.9 Å². The number of hydrogen-bond donors (Lipinski definition) is 1. The lowest BCUT2D eigenvalue weighted by Gasteiger charge is -2.09. The Morgan fingerprint density at radius 2 is 2.05 bits per heavy atom. The van der Waals surface area contributed by atoms with E-state index in [2.05, 4.69) is 25.9 Å². The van der Waals surface area contributed by atoms with Crippen molar-refractivity contribution in [2.45, 2.75) is 5.16 Å². The van der Waals surface area contributed by atoms with Crippen molar-refractivity contribution < 1.29 is 9.47 Å². The number of rotatable bonds is 4. The lowest BCUT2D eigenvalue weighted by molar-refractivity contribution is 0.411. The summed E-state index contributed by atoms with van der Waals surface area (Å²) in [5, 5.41) is 0.569. The Morgan fingerprint density at radius 1 is 1.26 bits per heavy atom. The monoisotopic (exact) mass is 341 g/mol. The van der Waals surface area contributed by atoms with Gasteiger partial charge in [-0.15, -0.1) is 0 Å². The van der Waals surface area contributed by atoms with E-state index in [1.54, 1.807) is 25.3 Å². The molecule has 0 spiro atoms. The third-order valence-electron chi connectivity index (χ3n) is 2.24. The Labute approximate surface area is 123 Å². The number of benzene rings is 1. The number of anilines is 1. The molecule has 2 rings (SSSR count). The van der Waals surface area contributed by atoms with Gasteiger partial charge in [-0.3, -0.25) is 0 Å². The van der Waals surface area contributed by atoms with Crippen LogP contribution in [0.3, 0.4) is 0 Å². The summed E-state index contributed by atoms with van der Waals surface area (Å²) in [6.45, 7) is 0. The summed E-state index contributed by atoms with van der Waals surface area (Å²) in [6, 6.07) is 6.99. The highest BCUT2D eigenvalue weighted by atomic mass is 79.9. The second-order valence-electron chi connectivity index (χ2n) is 3.52. The molecule has 5 nitrogen and oxygen atoms in total. The Morgan fingerprint density at radius 3 is 2.68 bits per heavy atom. The van der Waals surface area contributed by atoms with Gasteiger partial charge in [0.25, 0.3) is 0 Å². The molecule has 0 saturated carbocycles. The van der Waals surface area contributed by atoms with E-state index in [4.69, 9.17) is 15.2 Å². The Kier molecular flexibility index (Phi) is 4.49. The van der Waals surface area contributed by atoms with Gasteiger partial charge in [-0.25, -0.2) is 4.98 Å². The minimum atomic E-state index is 0.374.